The highest BCUT2D eigenvalue weighted by Crippen LogP contribution is 2.18. The third-order valence-corrected chi connectivity index (χ3v) is 3.06. The molecule has 2 rings (SSSR count). The van der Waals surface area contributed by atoms with Gasteiger partial charge >= 0.3 is 0 Å². The number of nitrogens with zero attached hydrogens (tertiary/aromatic N) is 3. The van der Waals surface area contributed by atoms with E-state index in [0.717, 1.165) is 12.1 Å². The van der Waals surface area contributed by atoms with Crippen LogP contribution in [0.2, 0.25) is 0 Å². The van der Waals surface area contributed by atoms with Crippen LogP contribution in [0.1, 0.15) is 24.6 Å². The van der Waals surface area contributed by atoms with Gasteiger partial charge in [-0.15, -0.1) is 0 Å². The lowest BCUT2D eigenvalue weighted by Crippen LogP contribution is -2.22. The van der Waals surface area contributed by atoms with Crippen LogP contribution < -0.4 is 5.56 Å². The maximum absolute atomic E-state index is 12.3. The fourth-order valence-corrected chi connectivity index (χ4v) is 2.11. The second kappa shape index (κ2) is 5.67. The van der Waals surface area contributed by atoms with E-state index in [2.05, 4.69) is 14.9 Å². The molecule has 1 N–H and O–H groups in total. The zero-order valence-electron chi connectivity index (χ0n) is 11.1. The molecule has 6 heteroatoms. The Hall–Kier alpha value is -2.13. The number of aromatic amines is 1. The number of ether oxygens (including phenoxy) is 1. The zero-order valence-corrected chi connectivity index (χ0v) is 11.1. The Kier molecular flexibility index (Phi) is 3.97. The van der Waals surface area contributed by atoms with E-state index in [1.807, 2.05) is 6.92 Å². The Morgan fingerprint density at radius 2 is 2.37 bits per heavy atom. The number of nitrogens with one attached hydrogen (secondary N) is 1. The molecule has 2 heterocycles. The lowest BCUT2D eigenvalue weighted by molar-refractivity contribution is 0.195. The third-order valence-electron chi connectivity index (χ3n) is 3.06. The minimum Gasteiger partial charge on any atom is -0.385 e. The minimum absolute atomic E-state index is 0.116. The predicted octanol–water partition coefficient (Wildman–Crippen LogP) is 1.71. The van der Waals surface area contributed by atoms with Gasteiger partial charge in [0.1, 0.15) is 0 Å². The van der Waals surface area contributed by atoms with E-state index in [1.165, 1.54) is 10.7 Å². The van der Waals surface area contributed by atoms with Gasteiger partial charge in [0.25, 0.3) is 5.56 Å². The Morgan fingerprint density at radius 1 is 1.58 bits per heavy atom. The predicted molar refractivity (Wildman–Crippen MR) is 71.6 cm³/mol. The number of rotatable bonds is 5. The molecule has 0 aliphatic carbocycles. The van der Waals surface area contributed by atoms with Crippen molar-refractivity contribution in [3.05, 3.63) is 39.2 Å². The molecule has 0 saturated heterocycles. The van der Waals surface area contributed by atoms with E-state index in [4.69, 9.17) is 11.3 Å². The van der Waals surface area contributed by atoms with Crippen LogP contribution in [0.5, 0.6) is 0 Å². The van der Waals surface area contributed by atoms with Crippen molar-refractivity contribution in [3.8, 4) is 0 Å². The van der Waals surface area contributed by atoms with Gasteiger partial charge in [0.15, 0.2) is 5.65 Å². The van der Waals surface area contributed by atoms with Crippen molar-refractivity contribution in [2.75, 3.05) is 13.7 Å². The van der Waals surface area contributed by atoms with Crippen LogP contribution in [-0.2, 0) is 17.6 Å². The van der Waals surface area contributed by atoms with E-state index in [9.17, 15) is 4.79 Å². The maximum atomic E-state index is 12.3. The highest BCUT2D eigenvalue weighted by atomic mass is 16.5. The molecule has 0 aliphatic heterocycles. The molecule has 0 atom stereocenters. The molecule has 0 unspecified atom stereocenters. The number of aryl methyl sites for hydroxylation is 1. The molecule has 2 aromatic rings. The average molecular weight is 260 g/mol. The quantitative estimate of drug-likeness (QED) is 0.657. The molecule has 19 heavy (non-hydrogen) atoms. The van der Waals surface area contributed by atoms with Crippen molar-refractivity contribution in [2.24, 2.45) is 0 Å². The van der Waals surface area contributed by atoms with Gasteiger partial charge in [-0.1, -0.05) is 6.92 Å². The Labute approximate surface area is 110 Å². The molecule has 6 nitrogen and oxygen atoms in total. The number of aromatic nitrogens is 3. The first-order valence-corrected chi connectivity index (χ1v) is 6.21. The molecule has 0 spiro atoms. The van der Waals surface area contributed by atoms with Crippen molar-refractivity contribution in [1.82, 2.24) is 14.6 Å². The second-order valence-electron chi connectivity index (χ2n) is 4.22. The fourth-order valence-electron chi connectivity index (χ4n) is 2.11. The summed E-state index contributed by atoms with van der Waals surface area (Å²) in [6, 6.07) is 0. The van der Waals surface area contributed by atoms with Crippen molar-refractivity contribution in [1.29, 1.82) is 0 Å². The van der Waals surface area contributed by atoms with Crippen molar-refractivity contribution in [2.45, 2.75) is 26.2 Å². The third kappa shape index (κ3) is 2.37. The summed E-state index contributed by atoms with van der Waals surface area (Å²) in [5, 5.41) is 2.78. The molecule has 0 bridgehead atoms. The van der Waals surface area contributed by atoms with Gasteiger partial charge in [0, 0.05) is 25.5 Å². The number of hydrogen-bond donors (Lipinski definition) is 1. The summed E-state index contributed by atoms with van der Waals surface area (Å²) < 4.78 is 6.36. The van der Waals surface area contributed by atoms with Crippen LogP contribution in [0.4, 0.5) is 5.69 Å². The minimum atomic E-state index is -0.116. The van der Waals surface area contributed by atoms with Crippen molar-refractivity contribution in [3.63, 3.8) is 0 Å². The molecule has 2 aromatic heterocycles. The van der Waals surface area contributed by atoms with E-state index < -0.39 is 0 Å². The van der Waals surface area contributed by atoms with Crippen LogP contribution >= 0.6 is 0 Å². The molecule has 0 saturated carbocycles. The van der Waals surface area contributed by atoms with Crippen LogP contribution in [-0.4, -0.2) is 28.3 Å². The first kappa shape index (κ1) is 13.3. The average Bonchev–Trinajstić information content (AvgIpc) is 2.82. The molecular formula is C13H16N4O2. The molecule has 0 fully saturated rings. The highest BCUT2D eigenvalue weighted by molar-refractivity contribution is 5.67. The summed E-state index contributed by atoms with van der Waals surface area (Å²) in [5.74, 6) is 0. The van der Waals surface area contributed by atoms with Crippen LogP contribution in [0.25, 0.3) is 10.5 Å². The Morgan fingerprint density at radius 3 is 3.00 bits per heavy atom. The van der Waals surface area contributed by atoms with Gasteiger partial charge in [-0.25, -0.2) is 14.3 Å². The van der Waals surface area contributed by atoms with E-state index in [1.54, 1.807) is 7.11 Å². The topological polar surface area (TPSA) is 63.8 Å². The summed E-state index contributed by atoms with van der Waals surface area (Å²) in [5.41, 5.74) is 2.13. The van der Waals surface area contributed by atoms with E-state index >= 15 is 0 Å². The molecule has 100 valence electrons. The maximum Gasteiger partial charge on any atom is 0.274 e. The van der Waals surface area contributed by atoms with Crippen LogP contribution in [0.3, 0.4) is 0 Å². The summed E-state index contributed by atoms with van der Waals surface area (Å²) >= 11 is 0. The van der Waals surface area contributed by atoms with Crippen molar-refractivity contribution < 1.29 is 4.74 Å². The summed E-state index contributed by atoms with van der Waals surface area (Å²) in [7, 11) is 1.65. The molecule has 0 amide bonds. The molecule has 0 aliphatic rings. The largest absolute Gasteiger partial charge is 0.385 e. The van der Waals surface area contributed by atoms with Crippen molar-refractivity contribution >= 4 is 11.3 Å². The lowest BCUT2D eigenvalue weighted by atomic mass is 10.1. The zero-order chi connectivity index (χ0) is 13.8. The monoisotopic (exact) mass is 260 g/mol. The van der Waals surface area contributed by atoms with E-state index in [-0.39, 0.29) is 5.56 Å². The normalized spacial score (nSPS) is 10.8. The standard InChI is InChI=1S/C13H16N4O2/c1-4-9-10(6-5-7-19-3)16-12-11(14-2)8-15-17(12)13(9)18/h8,15H,4-7H2,1,3H3. The van der Waals surface area contributed by atoms with Crippen LogP contribution in [0, 0.1) is 6.57 Å². The number of H-pyrrole nitrogens is 1. The first-order valence-electron chi connectivity index (χ1n) is 6.21. The fraction of sp³-hybridized carbons (Fsp3) is 0.462. The number of fused-ring (bicyclic) bond motifs is 1. The molecule has 0 aromatic carbocycles. The number of methoxy groups -OCH3 is 1. The second-order valence-corrected chi connectivity index (χ2v) is 4.22. The SMILES string of the molecule is [C-]#[N+]c1c[nH]n2c(=O)c(CC)c(CCCOC)nc12. The van der Waals surface area contributed by atoms with E-state index in [0.29, 0.717) is 36.3 Å². The summed E-state index contributed by atoms with van der Waals surface area (Å²) in [4.78, 5) is 20.1. The van der Waals surface area contributed by atoms with Gasteiger partial charge in [0.05, 0.1) is 12.3 Å². The molecular weight excluding hydrogens is 244 g/mol. The highest BCUT2D eigenvalue weighted by Gasteiger charge is 2.14. The van der Waals surface area contributed by atoms with Gasteiger partial charge in [-0.05, 0) is 19.3 Å². The first-order chi connectivity index (χ1) is 9.22. The van der Waals surface area contributed by atoms with Gasteiger partial charge < -0.3 is 9.84 Å². The molecule has 0 radical (unpaired) electrons. The van der Waals surface area contributed by atoms with Gasteiger partial charge in [-0.3, -0.25) is 4.79 Å². The Balaban J connectivity index is 2.55. The van der Waals surface area contributed by atoms with Gasteiger partial charge in [-0.2, -0.15) is 0 Å². The summed E-state index contributed by atoms with van der Waals surface area (Å²) in [6.45, 7) is 9.65. The Bertz CT molecular complexity index is 678. The van der Waals surface area contributed by atoms with Gasteiger partial charge in [0.2, 0.25) is 5.69 Å². The smallest absolute Gasteiger partial charge is 0.274 e. The lowest BCUT2D eigenvalue weighted by Gasteiger charge is -2.07. The summed E-state index contributed by atoms with van der Waals surface area (Å²) in [6.07, 6.45) is 3.63. The van der Waals surface area contributed by atoms with Crippen LogP contribution in [0.15, 0.2) is 11.0 Å². The number of hydrogen-bond acceptors (Lipinski definition) is 3.